The molecule has 0 saturated heterocycles. The predicted molar refractivity (Wildman–Crippen MR) is 67.5 cm³/mol. The number of rotatable bonds is 9. The number of nitrogens with one attached hydrogen (secondary N) is 1. The highest BCUT2D eigenvalue weighted by molar-refractivity contribution is 7.90. The predicted octanol–water partition coefficient (Wildman–Crippen LogP) is 1.21. The third kappa shape index (κ3) is 7.19. The summed E-state index contributed by atoms with van der Waals surface area (Å²) in [4.78, 5) is 0. The van der Waals surface area contributed by atoms with Gasteiger partial charge >= 0.3 is 0 Å². The van der Waals surface area contributed by atoms with Crippen molar-refractivity contribution in [2.24, 2.45) is 0 Å². The summed E-state index contributed by atoms with van der Waals surface area (Å²) in [6.07, 6.45) is 3.91. The summed E-state index contributed by atoms with van der Waals surface area (Å²) >= 11 is 0. The van der Waals surface area contributed by atoms with E-state index in [0.29, 0.717) is 6.42 Å². The Morgan fingerprint density at radius 2 is 1.94 bits per heavy atom. The lowest BCUT2D eigenvalue weighted by molar-refractivity contribution is 0.0643. The van der Waals surface area contributed by atoms with E-state index in [-0.39, 0.29) is 17.9 Å². The molecular formula is C11H25NO3S. The molecule has 2 unspecified atom stereocenters. The first-order valence-corrected chi connectivity index (χ1v) is 7.94. The molecule has 0 aromatic heterocycles. The molecule has 2 atom stereocenters. The van der Waals surface area contributed by atoms with Crippen LogP contribution < -0.4 is 5.32 Å². The monoisotopic (exact) mass is 251 g/mol. The molecular weight excluding hydrogens is 226 g/mol. The quantitative estimate of drug-likeness (QED) is 0.669. The van der Waals surface area contributed by atoms with Gasteiger partial charge in [0.25, 0.3) is 0 Å². The Morgan fingerprint density at radius 1 is 1.31 bits per heavy atom. The van der Waals surface area contributed by atoms with Crippen molar-refractivity contribution in [3.05, 3.63) is 0 Å². The second-order valence-electron chi connectivity index (χ2n) is 4.16. The highest BCUT2D eigenvalue weighted by Gasteiger charge is 2.20. The molecule has 0 aliphatic carbocycles. The van der Waals surface area contributed by atoms with Gasteiger partial charge in [-0.25, -0.2) is 8.42 Å². The number of methoxy groups -OCH3 is 1. The third-order valence-electron chi connectivity index (χ3n) is 2.61. The standard InChI is InChI=1S/C11H25NO3S/c1-5-8-12-10(11(6-2)15-3)7-9-16(4,13)14/h10-12H,5-9H2,1-4H3. The van der Waals surface area contributed by atoms with Gasteiger partial charge in [-0.2, -0.15) is 0 Å². The first-order chi connectivity index (χ1) is 7.44. The molecule has 0 aromatic rings. The van der Waals surface area contributed by atoms with Crippen molar-refractivity contribution in [2.75, 3.05) is 25.7 Å². The van der Waals surface area contributed by atoms with E-state index in [9.17, 15) is 8.42 Å². The zero-order valence-electron chi connectivity index (χ0n) is 10.8. The van der Waals surface area contributed by atoms with Crippen LogP contribution in [-0.4, -0.2) is 46.2 Å². The molecule has 4 nitrogen and oxygen atoms in total. The molecule has 0 aliphatic rings. The smallest absolute Gasteiger partial charge is 0.147 e. The summed E-state index contributed by atoms with van der Waals surface area (Å²) in [5.74, 6) is 0.217. The van der Waals surface area contributed by atoms with Crippen molar-refractivity contribution in [1.82, 2.24) is 5.32 Å². The first-order valence-electron chi connectivity index (χ1n) is 5.88. The number of sulfone groups is 1. The Bertz CT molecular complexity index is 260. The van der Waals surface area contributed by atoms with Crippen molar-refractivity contribution in [1.29, 1.82) is 0 Å². The summed E-state index contributed by atoms with van der Waals surface area (Å²) in [5, 5.41) is 3.35. The van der Waals surface area contributed by atoms with E-state index in [1.54, 1.807) is 7.11 Å². The second-order valence-corrected chi connectivity index (χ2v) is 6.42. The molecule has 0 amide bonds. The minimum atomic E-state index is -2.89. The molecule has 0 saturated carbocycles. The Kier molecular flexibility index (Phi) is 7.97. The number of ether oxygens (including phenoxy) is 1. The average molecular weight is 251 g/mol. The summed E-state index contributed by atoms with van der Waals surface area (Å²) in [5.41, 5.74) is 0. The van der Waals surface area contributed by atoms with Crippen LogP contribution in [0.4, 0.5) is 0 Å². The molecule has 0 rings (SSSR count). The van der Waals surface area contributed by atoms with Gasteiger partial charge in [0.2, 0.25) is 0 Å². The lowest BCUT2D eigenvalue weighted by Gasteiger charge is -2.26. The van der Waals surface area contributed by atoms with Gasteiger partial charge in [0.1, 0.15) is 9.84 Å². The van der Waals surface area contributed by atoms with Crippen molar-refractivity contribution in [3.8, 4) is 0 Å². The van der Waals surface area contributed by atoms with Crippen LogP contribution in [0.3, 0.4) is 0 Å². The molecule has 0 radical (unpaired) electrons. The average Bonchev–Trinajstić information content (AvgIpc) is 2.21. The molecule has 1 N–H and O–H groups in total. The van der Waals surface area contributed by atoms with Crippen molar-refractivity contribution in [2.45, 2.75) is 45.3 Å². The van der Waals surface area contributed by atoms with E-state index in [2.05, 4.69) is 19.2 Å². The SMILES string of the molecule is CCCNC(CCS(C)(=O)=O)C(CC)OC. The van der Waals surface area contributed by atoms with Gasteiger partial charge in [-0.15, -0.1) is 0 Å². The van der Waals surface area contributed by atoms with Crippen molar-refractivity contribution < 1.29 is 13.2 Å². The van der Waals surface area contributed by atoms with Gasteiger partial charge in [0, 0.05) is 19.4 Å². The Morgan fingerprint density at radius 3 is 2.31 bits per heavy atom. The van der Waals surface area contributed by atoms with Crippen LogP contribution in [0.1, 0.15) is 33.1 Å². The van der Waals surface area contributed by atoms with Gasteiger partial charge in [0.05, 0.1) is 11.9 Å². The maximum atomic E-state index is 11.1. The molecule has 0 aromatic carbocycles. The highest BCUT2D eigenvalue weighted by Crippen LogP contribution is 2.08. The molecule has 0 spiro atoms. The fraction of sp³-hybridized carbons (Fsp3) is 1.00. The van der Waals surface area contributed by atoms with Gasteiger partial charge < -0.3 is 10.1 Å². The topological polar surface area (TPSA) is 55.4 Å². The first kappa shape index (κ1) is 15.9. The fourth-order valence-corrected chi connectivity index (χ4v) is 2.39. The highest BCUT2D eigenvalue weighted by atomic mass is 32.2. The Labute approximate surface area is 99.7 Å². The van der Waals surface area contributed by atoms with Gasteiger partial charge in [0.15, 0.2) is 0 Å². The molecule has 0 fully saturated rings. The van der Waals surface area contributed by atoms with Crippen LogP contribution in [0.5, 0.6) is 0 Å². The van der Waals surface area contributed by atoms with E-state index in [0.717, 1.165) is 19.4 Å². The van der Waals surface area contributed by atoms with Gasteiger partial charge in [-0.3, -0.25) is 0 Å². The molecule has 0 heterocycles. The van der Waals surface area contributed by atoms with Crippen LogP contribution in [-0.2, 0) is 14.6 Å². The van der Waals surface area contributed by atoms with Gasteiger partial charge in [-0.05, 0) is 25.8 Å². The van der Waals surface area contributed by atoms with Crippen molar-refractivity contribution >= 4 is 9.84 Å². The molecule has 5 heteroatoms. The summed E-state index contributed by atoms with van der Waals surface area (Å²) in [6.45, 7) is 5.04. The minimum absolute atomic E-state index is 0.0910. The maximum absolute atomic E-state index is 11.1. The van der Waals surface area contributed by atoms with Crippen molar-refractivity contribution in [3.63, 3.8) is 0 Å². The van der Waals surface area contributed by atoms with E-state index < -0.39 is 9.84 Å². The minimum Gasteiger partial charge on any atom is -0.380 e. The second kappa shape index (κ2) is 8.03. The molecule has 16 heavy (non-hydrogen) atoms. The molecule has 0 bridgehead atoms. The third-order valence-corrected chi connectivity index (χ3v) is 3.59. The zero-order valence-corrected chi connectivity index (χ0v) is 11.6. The Balaban J connectivity index is 4.29. The number of hydrogen-bond donors (Lipinski definition) is 1. The van der Waals surface area contributed by atoms with Crippen LogP contribution in [0.25, 0.3) is 0 Å². The summed E-state index contributed by atoms with van der Waals surface area (Å²) < 4.78 is 27.6. The van der Waals surface area contributed by atoms with Crippen LogP contribution in [0.15, 0.2) is 0 Å². The van der Waals surface area contributed by atoms with Crippen LogP contribution in [0.2, 0.25) is 0 Å². The maximum Gasteiger partial charge on any atom is 0.147 e. The normalized spacial score (nSPS) is 16.0. The van der Waals surface area contributed by atoms with E-state index in [1.807, 2.05) is 0 Å². The summed E-state index contributed by atoms with van der Waals surface area (Å²) in [7, 11) is -1.21. The van der Waals surface area contributed by atoms with E-state index in [4.69, 9.17) is 4.74 Å². The lowest BCUT2D eigenvalue weighted by atomic mass is 10.1. The summed E-state index contributed by atoms with van der Waals surface area (Å²) in [6, 6.07) is 0.129. The number of hydrogen-bond acceptors (Lipinski definition) is 4. The van der Waals surface area contributed by atoms with E-state index in [1.165, 1.54) is 6.26 Å². The van der Waals surface area contributed by atoms with Crippen LogP contribution >= 0.6 is 0 Å². The fourth-order valence-electron chi connectivity index (χ4n) is 1.71. The van der Waals surface area contributed by atoms with Crippen LogP contribution in [0, 0.1) is 0 Å². The zero-order chi connectivity index (χ0) is 12.6. The van der Waals surface area contributed by atoms with E-state index >= 15 is 0 Å². The van der Waals surface area contributed by atoms with Gasteiger partial charge in [-0.1, -0.05) is 13.8 Å². The molecule has 0 aliphatic heterocycles. The largest absolute Gasteiger partial charge is 0.380 e. The lowest BCUT2D eigenvalue weighted by Crippen LogP contribution is -2.42. The Hall–Kier alpha value is -0.130. The molecule has 98 valence electrons.